The molecule has 11 nitrogen and oxygen atoms in total. The highest BCUT2D eigenvalue weighted by molar-refractivity contribution is 4.89. The predicted molar refractivity (Wildman–Crippen MR) is 70.8 cm³/mol. The number of aliphatic hydroxyl groups is 9. The first-order chi connectivity index (χ1) is 10.7. The van der Waals surface area contributed by atoms with Gasteiger partial charge in [-0.05, 0) is 0 Å². The molecule has 1 aliphatic rings. The minimum atomic E-state index is -1.86. The molecule has 0 aromatic rings. The molecule has 0 aromatic heterocycles. The fraction of sp³-hybridized carbons (Fsp3) is 1.00. The summed E-state index contributed by atoms with van der Waals surface area (Å²) in [5.41, 5.74) is 0. The molecular weight excluding hydrogens is 320 g/mol. The molecule has 0 spiro atoms. The van der Waals surface area contributed by atoms with E-state index in [1.165, 1.54) is 0 Å². The summed E-state index contributed by atoms with van der Waals surface area (Å²) < 4.78 is 9.99. The van der Waals surface area contributed by atoms with Crippen LogP contribution in [0.4, 0.5) is 0 Å². The topological polar surface area (TPSA) is 201 Å². The molecule has 9 atom stereocenters. The van der Waals surface area contributed by atoms with E-state index in [4.69, 9.17) is 19.7 Å². The Labute approximate surface area is 131 Å². The second kappa shape index (κ2) is 9.15. The average molecular weight is 344 g/mol. The van der Waals surface area contributed by atoms with E-state index < -0.39 is 74.9 Å². The maximum absolute atomic E-state index is 9.70. The van der Waals surface area contributed by atoms with Crippen LogP contribution in [0, 0.1) is 0 Å². The van der Waals surface area contributed by atoms with E-state index in [2.05, 4.69) is 0 Å². The molecule has 1 aliphatic heterocycles. The summed E-state index contributed by atoms with van der Waals surface area (Å²) in [6.45, 7) is -2.16. The number of hydrogen-bond donors (Lipinski definition) is 9. The van der Waals surface area contributed by atoms with E-state index >= 15 is 0 Å². The summed E-state index contributed by atoms with van der Waals surface area (Å²) in [6.07, 6.45) is -14.7. The summed E-state index contributed by atoms with van der Waals surface area (Å²) in [6, 6.07) is 0. The SMILES string of the molecule is OC[C@@H]1O[C@@H](OC[C@@H](O)[C@@H](O)[C@@H](O)[C@@H](O)CO)[C@@H](O)[C@H](O)[C@@H]1O. The van der Waals surface area contributed by atoms with Crippen LogP contribution >= 0.6 is 0 Å². The summed E-state index contributed by atoms with van der Waals surface area (Å²) in [7, 11) is 0. The molecule has 0 aromatic carbocycles. The lowest BCUT2D eigenvalue weighted by Crippen LogP contribution is -2.59. The molecule has 138 valence electrons. The Bertz CT molecular complexity index is 341. The van der Waals surface area contributed by atoms with Crippen LogP contribution in [0.3, 0.4) is 0 Å². The quantitative estimate of drug-likeness (QED) is 0.203. The molecule has 0 saturated carbocycles. The van der Waals surface area contributed by atoms with Crippen LogP contribution in [-0.2, 0) is 9.47 Å². The van der Waals surface area contributed by atoms with E-state index in [0.717, 1.165) is 0 Å². The smallest absolute Gasteiger partial charge is 0.186 e. The molecule has 0 aliphatic carbocycles. The van der Waals surface area contributed by atoms with Crippen molar-refractivity contribution < 1.29 is 55.4 Å². The number of hydrogen-bond acceptors (Lipinski definition) is 11. The van der Waals surface area contributed by atoms with Crippen molar-refractivity contribution in [2.75, 3.05) is 19.8 Å². The van der Waals surface area contributed by atoms with Gasteiger partial charge in [-0.3, -0.25) is 0 Å². The number of ether oxygens (including phenoxy) is 2. The lowest BCUT2D eigenvalue weighted by molar-refractivity contribution is -0.306. The number of aliphatic hydroxyl groups excluding tert-OH is 9. The summed E-state index contributed by atoms with van der Waals surface area (Å²) >= 11 is 0. The standard InChI is InChI=1S/C12H24O11/c13-1-4(15)7(17)8(18)5(16)3-22-12-11(21)10(20)9(19)6(2-14)23-12/h4-21H,1-3H2/t4-,5+,6-,7-,8+,9+,10+,11-,12+/m0/s1. The Balaban J connectivity index is 2.55. The Morgan fingerprint density at radius 3 is 1.91 bits per heavy atom. The zero-order valence-electron chi connectivity index (χ0n) is 12.2. The second-order valence-electron chi connectivity index (χ2n) is 5.33. The van der Waals surface area contributed by atoms with Crippen molar-refractivity contribution in [3.63, 3.8) is 0 Å². The predicted octanol–water partition coefficient (Wildman–Crippen LogP) is -5.76. The molecule has 0 unspecified atom stereocenters. The van der Waals surface area contributed by atoms with Gasteiger partial charge in [-0.15, -0.1) is 0 Å². The highest BCUT2D eigenvalue weighted by Crippen LogP contribution is 2.22. The van der Waals surface area contributed by atoms with Crippen LogP contribution in [0.15, 0.2) is 0 Å². The second-order valence-corrected chi connectivity index (χ2v) is 5.33. The van der Waals surface area contributed by atoms with Crippen molar-refractivity contribution in [2.45, 2.75) is 55.1 Å². The zero-order valence-corrected chi connectivity index (χ0v) is 12.2. The Morgan fingerprint density at radius 1 is 0.826 bits per heavy atom. The van der Waals surface area contributed by atoms with Gasteiger partial charge < -0.3 is 55.4 Å². The van der Waals surface area contributed by atoms with Crippen molar-refractivity contribution in [1.29, 1.82) is 0 Å². The maximum Gasteiger partial charge on any atom is 0.186 e. The third-order valence-corrected chi connectivity index (χ3v) is 3.61. The molecule has 1 rings (SSSR count). The molecule has 1 heterocycles. The minimum Gasteiger partial charge on any atom is -0.394 e. The molecule has 0 bridgehead atoms. The van der Waals surface area contributed by atoms with E-state index in [0.29, 0.717) is 0 Å². The van der Waals surface area contributed by atoms with Crippen LogP contribution in [0.25, 0.3) is 0 Å². The fourth-order valence-corrected chi connectivity index (χ4v) is 2.06. The Morgan fingerprint density at radius 2 is 1.39 bits per heavy atom. The van der Waals surface area contributed by atoms with Crippen LogP contribution in [0.1, 0.15) is 0 Å². The van der Waals surface area contributed by atoms with Crippen LogP contribution < -0.4 is 0 Å². The Kier molecular flexibility index (Phi) is 8.20. The van der Waals surface area contributed by atoms with Gasteiger partial charge in [0.1, 0.15) is 48.8 Å². The van der Waals surface area contributed by atoms with E-state index in [1.807, 2.05) is 0 Å². The van der Waals surface area contributed by atoms with Gasteiger partial charge in [-0.2, -0.15) is 0 Å². The number of rotatable bonds is 8. The van der Waals surface area contributed by atoms with Gasteiger partial charge in [0, 0.05) is 0 Å². The van der Waals surface area contributed by atoms with Crippen molar-refractivity contribution in [2.24, 2.45) is 0 Å². The van der Waals surface area contributed by atoms with E-state index in [-0.39, 0.29) is 0 Å². The van der Waals surface area contributed by atoms with Gasteiger partial charge >= 0.3 is 0 Å². The highest BCUT2D eigenvalue weighted by Gasteiger charge is 2.44. The fourth-order valence-electron chi connectivity index (χ4n) is 2.06. The van der Waals surface area contributed by atoms with Crippen molar-refractivity contribution >= 4 is 0 Å². The molecule has 23 heavy (non-hydrogen) atoms. The summed E-state index contributed by atoms with van der Waals surface area (Å²) in [5, 5.41) is 84.4. The van der Waals surface area contributed by atoms with Crippen molar-refractivity contribution in [3.05, 3.63) is 0 Å². The first-order valence-corrected chi connectivity index (χ1v) is 6.99. The molecule has 1 saturated heterocycles. The van der Waals surface area contributed by atoms with Gasteiger partial charge in [0.2, 0.25) is 0 Å². The van der Waals surface area contributed by atoms with Gasteiger partial charge in [0.05, 0.1) is 19.8 Å². The normalized spacial score (nSPS) is 37.2. The van der Waals surface area contributed by atoms with Crippen molar-refractivity contribution in [3.8, 4) is 0 Å². The third kappa shape index (κ3) is 5.01. The molecular formula is C12H24O11. The lowest BCUT2D eigenvalue weighted by atomic mass is 9.99. The van der Waals surface area contributed by atoms with Gasteiger partial charge in [-0.1, -0.05) is 0 Å². The summed E-state index contributed by atoms with van der Waals surface area (Å²) in [5.74, 6) is 0. The largest absolute Gasteiger partial charge is 0.394 e. The first kappa shape index (κ1) is 20.6. The third-order valence-electron chi connectivity index (χ3n) is 3.61. The maximum atomic E-state index is 9.70. The van der Waals surface area contributed by atoms with E-state index in [9.17, 15) is 35.7 Å². The Hall–Kier alpha value is -0.440. The highest BCUT2D eigenvalue weighted by atomic mass is 16.7. The average Bonchev–Trinajstić information content (AvgIpc) is 2.56. The van der Waals surface area contributed by atoms with Gasteiger partial charge in [-0.25, -0.2) is 0 Å². The monoisotopic (exact) mass is 344 g/mol. The molecule has 9 N–H and O–H groups in total. The van der Waals surface area contributed by atoms with Crippen LogP contribution in [0.5, 0.6) is 0 Å². The van der Waals surface area contributed by atoms with Gasteiger partial charge in [0.15, 0.2) is 6.29 Å². The molecule has 1 fully saturated rings. The zero-order chi connectivity index (χ0) is 17.7. The van der Waals surface area contributed by atoms with Crippen LogP contribution in [-0.4, -0.2) is 121 Å². The van der Waals surface area contributed by atoms with Crippen molar-refractivity contribution in [1.82, 2.24) is 0 Å². The van der Waals surface area contributed by atoms with Crippen LogP contribution in [0.2, 0.25) is 0 Å². The summed E-state index contributed by atoms with van der Waals surface area (Å²) in [4.78, 5) is 0. The van der Waals surface area contributed by atoms with Gasteiger partial charge in [0.25, 0.3) is 0 Å². The van der Waals surface area contributed by atoms with E-state index in [1.54, 1.807) is 0 Å². The first-order valence-electron chi connectivity index (χ1n) is 6.99. The minimum absolute atomic E-state index is 0.655. The molecule has 0 radical (unpaired) electrons. The lowest BCUT2D eigenvalue weighted by Gasteiger charge is -2.40. The molecule has 11 heteroatoms. The molecule has 0 amide bonds.